The van der Waals surface area contributed by atoms with Crippen molar-refractivity contribution in [3.8, 4) is 0 Å². The molecule has 1 aromatic carbocycles. The summed E-state index contributed by atoms with van der Waals surface area (Å²) in [5, 5.41) is 4.39. The Morgan fingerprint density at radius 2 is 2.06 bits per heavy atom. The monoisotopic (exact) mass is 298 g/mol. The number of anilines is 1. The molecule has 86 valence electrons. The van der Waals surface area contributed by atoms with Crippen LogP contribution in [0.4, 0.5) is 5.69 Å². The van der Waals surface area contributed by atoms with Crippen molar-refractivity contribution >= 4 is 38.5 Å². The van der Waals surface area contributed by atoms with Crippen LogP contribution in [0.25, 0.3) is 0 Å². The Labute approximate surface area is 109 Å². The minimum atomic E-state index is 0.461. The summed E-state index contributed by atoms with van der Waals surface area (Å²) in [6, 6.07) is 8.62. The van der Waals surface area contributed by atoms with E-state index in [1.807, 2.05) is 12.1 Å². The van der Waals surface area contributed by atoms with E-state index in [0.29, 0.717) is 12.0 Å². The summed E-state index contributed by atoms with van der Waals surface area (Å²) >= 11 is 5.23. The van der Waals surface area contributed by atoms with Crippen LogP contribution in [0, 0.1) is 5.92 Å². The second-order valence-corrected chi connectivity index (χ2v) is 6.11. The van der Waals surface area contributed by atoms with Crippen LogP contribution in [-0.4, -0.2) is 17.0 Å². The zero-order valence-electron chi connectivity index (χ0n) is 9.40. The molecule has 2 nitrogen and oxygen atoms in total. The Morgan fingerprint density at radius 1 is 1.38 bits per heavy atom. The zero-order chi connectivity index (χ0) is 11.5. The predicted octanol–water partition coefficient (Wildman–Crippen LogP) is 3.99. The first-order chi connectivity index (χ1) is 7.65. The minimum Gasteiger partial charge on any atom is -0.335 e. The summed E-state index contributed by atoms with van der Waals surface area (Å²) in [6.45, 7) is 4.44. The highest BCUT2D eigenvalue weighted by Gasteiger charge is 2.20. The quantitative estimate of drug-likeness (QED) is 0.893. The number of rotatable bonds is 2. The summed E-state index contributed by atoms with van der Waals surface area (Å²) in [6.07, 6.45) is 0. The van der Waals surface area contributed by atoms with Crippen molar-refractivity contribution in [2.45, 2.75) is 19.9 Å². The van der Waals surface area contributed by atoms with E-state index in [-0.39, 0.29) is 0 Å². The Morgan fingerprint density at radius 3 is 2.62 bits per heavy atom. The number of thioether (sulfide) groups is 1. The number of benzene rings is 1. The van der Waals surface area contributed by atoms with Gasteiger partial charge in [-0.15, -0.1) is 0 Å². The van der Waals surface area contributed by atoms with Crippen LogP contribution in [0.5, 0.6) is 0 Å². The largest absolute Gasteiger partial charge is 0.335 e. The van der Waals surface area contributed by atoms with E-state index < -0.39 is 0 Å². The molecular formula is C12H15BrN2S. The molecule has 4 heteroatoms. The molecule has 0 amide bonds. The maximum Gasteiger partial charge on any atom is 0.161 e. The molecule has 0 spiro atoms. The third-order valence-corrected chi connectivity index (χ3v) is 4.06. The fourth-order valence-corrected chi connectivity index (χ4v) is 2.91. The molecule has 1 aromatic rings. The van der Waals surface area contributed by atoms with Crippen LogP contribution in [0.2, 0.25) is 0 Å². The van der Waals surface area contributed by atoms with Crippen LogP contribution in [0.15, 0.2) is 33.7 Å². The van der Waals surface area contributed by atoms with Gasteiger partial charge in [0.15, 0.2) is 5.17 Å². The highest BCUT2D eigenvalue weighted by Crippen LogP contribution is 2.24. The van der Waals surface area contributed by atoms with Crippen LogP contribution in [-0.2, 0) is 0 Å². The van der Waals surface area contributed by atoms with Gasteiger partial charge in [0, 0.05) is 15.9 Å². The Hall–Kier alpha value is -0.480. The summed E-state index contributed by atoms with van der Waals surface area (Å²) < 4.78 is 1.10. The van der Waals surface area contributed by atoms with E-state index >= 15 is 0 Å². The van der Waals surface area contributed by atoms with Crippen molar-refractivity contribution in [3.05, 3.63) is 28.7 Å². The van der Waals surface area contributed by atoms with Crippen molar-refractivity contribution < 1.29 is 0 Å². The smallest absolute Gasteiger partial charge is 0.161 e. The van der Waals surface area contributed by atoms with Gasteiger partial charge in [0.05, 0.1) is 6.04 Å². The average Bonchev–Trinajstić information content (AvgIpc) is 2.70. The number of halogens is 1. The van der Waals surface area contributed by atoms with E-state index in [4.69, 9.17) is 0 Å². The second-order valence-electron chi connectivity index (χ2n) is 4.19. The van der Waals surface area contributed by atoms with E-state index in [1.165, 1.54) is 0 Å². The van der Waals surface area contributed by atoms with Gasteiger partial charge >= 0.3 is 0 Å². The van der Waals surface area contributed by atoms with Gasteiger partial charge in [-0.25, -0.2) is 0 Å². The number of hydrogen-bond acceptors (Lipinski definition) is 3. The van der Waals surface area contributed by atoms with E-state index in [9.17, 15) is 0 Å². The van der Waals surface area contributed by atoms with Crippen molar-refractivity contribution in [2.75, 3.05) is 11.1 Å². The highest BCUT2D eigenvalue weighted by atomic mass is 79.9. The van der Waals surface area contributed by atoms with Crippen molar-refractivity contribution in [2.24, 2.45) is 10.9 Å². The molecule has 1 N–H and O–H groups in total. The molecule has 0 bridgehead atoms. The molecule has 1 atom stereocenters. The zero-order valence-corrected chi connectivity index (χ0v) is 11.8. The molecule has 1 aliphatic rings. The Kier molecular flexibility index (Phi) is 3.92. The molecule has 0 aromatic heterocycles. The lowest BCUT2D eigenvalue weighted by atomic mass is 10.1. The van der Waals surface area contributed by atoms with Gasteiger partial charge < -0.3 is 5.32 Å². The third-order valence-electron chi connectivity index (χ3n) is 2.54. The number of hydrogen-bond donors (Lipinski definition) is 1. The van der Waals surface area contributed by atoms with Gasteiger partial charge in [-0.2, -0.15) is 0 Å². The summed E-state index contributed by atoms with van der Waals surface area (Å²) in [5.41, 5.74) is 1.10. The maximum absolute atomic E-state index is 4.66. The van der Waals surface area contributed by atoms with Gasteiger partial charge in [0.1, 0.15) is 0 Å². The van der Waals surface area contributed by atoms with Crippen LogP contribution in [0.3, 0.4) is 0 Å². The Balaban J connectivity index is 2.01. The molecule has 1 unspecified atom stereocenters. The summed E-state index contributed by atoms with van der Waals surface area (Å²) in [7, 11) is 0. The molecular weight excluding hydrogens is 284 g/mol. The molecule has 1 heterocycles. The number of aliphatic imine (C=N–C) groups is 1. The highest BCUT2D eigenvalue weighted by molar-refractivity contribution is 9.10. The molecule has 0 fully saturated rings. The molecule has 0 saturated heterocycles. The van der Waals surface area contributed by atoms with Gasteiger partial charge in [0.25, 0.3) is 0 Å². The molecule has 1 aliphatic heterocycles. The van der Waals surface area contributed by atoms with Crippen molar-refractivity contribution in [1.29, 1.82) is 0 Å². The summed E-state index contributed by atoms with van der Waals surface area (Å²) in [5.74, 6) is 1.72. The third kappa shape index (κ3) is 3.01. The molecule has 0 radical (unpaired) electrons. The number of amidine groups is 1. The summed E-state index contributed by atoms with van der Waals surface area (Å²) in [4.78, 5) is 4.66. The minimum absolute atomic E-state index is 0.461. The molecule has 2 rings (SSSR count). The SMILES string of the molecule is CC(C)C1CSC(Nc2ccc(Br)cc2)=N1. The first-order valence-corrected chi connectivity index (χ1v) is 7.16. The number of nitrogens with zero attached hydrogens (tertiary/aromatic N) is 1. The van der Waals surface area contributed by atoms with Gasteiger partial charge in [-0.1, -0.05) is 41.5 Å². The van der Waals surface area contributed by atoms with Crippen LogP contribution in [0.1, 0.15) is 13.8 Å². The fraction of sp³-hybridized carbons (Fsp3) is 0.417. The lowest BCUT2D eigenvalue weighted by Crippen LogP contribution is -2.12. The van der Waals surface area contributed by atoms with Gasteiger partial charge in [-0.3, -0.25) is 4.99 Å². The Bertz CT molecular complexity index is 387. The van der Waals surface area contributed by atoms with E-state index in [1.54, 1.807) is 11.8 Å². The number of nitrogens with one attached hydrogen (secondary N) is 1. The molecule has 16 heavy (non-hydrogen) atoms. The van der Waals surface area contributed by atoms with Gasteiger partial charge in [-0.05, 0) is 30.2 Å². The first kappa shape index (κ1) is 12.0. The topological polar surface area (TPSA) is 24.4 Å². The fourth-order valence-electron chi connectivity index (χ4n) is 1.46. The van der Waals surface area contributed by atoms with E-state index in [2.05, 4.69) is 52.2 Å². The second kappa shape index (κ2) is 5.23. The normalized spacial score (nSPS) is 20.0. The van der Waals surface area contributed by atoms with Crippen molar-refractivity contribution in [3.63, 3.8) is 0 Å². The molecule has 0 saturated carbocycles. The average molecular weight is 299 g/mol. The maximum atomic E-state index is 4.66. The van der Waals surface area contributed by atoms with Crippen molar-refractivity contribution in [1.82, 2.24) is 0 Å². The molecule has 0 aliphatic carbocycles. The van der Waals surface area contributed by atoms with Gasteiger partial charge in [0.2, 0.25) is 0 Å². The lowest BCUT2D eigenvalue weighted by molar-refractivity contribution is 0.543. The van der Waals surface area contributed by atoms with E-state index in [0.717, 1.165) is 21.1 Å². The first-order valence-electron chi connectivity index (χ1n) is 5.38. The van der Waals surface area contributed by atoms with Crippen LogP contribution < -0.4 is 5.32 Å². The lowest BCUT2D eigenvalue weighted by Gasteiger charge is -2.08. The standard InChI is InChI=1S/C12H15BrN2S/c1-8(2)11-7-16-12(15-11)14-10-5-3-9(13)4-6-10/h3-6,8,11H,7H2,1-2H3,(H,14,15). The van der Waals surface area contributed by atoms with Crippen LogP contribution >= 0.6 is 27.7 Å². The predicted molar refractivity (Wildman–Crippen MR) is 76.3 cm³/mol.